The number of rotatable bonds is 3. The van der Waals surface area contributed by atoms with Crippen LogP contribution in [0.2, 0.25) is 5.02 Å². The molecule has 1 saturated heterocycles. The Morgan fingerprint density at radius 1 is 1.25 bits per heavy atom. The molecule has 3 unspecified atom stereocenters. The van der Waals surface area contributed by atoms with Crippen molar-refractivity contribution in [3.8, 4) is 0 Å². The Balaban J connectivity index is 1.57. The van der Waals surface area contributed by atoms with Crippen molar-refractivity contribution >= 4 is 29.2 Å². The van der Waals surface area contributed by atoms with Crippen LogP contribution in [-0.2, 0) is 9.59 Å². The van der Waals surface area contributed by atoms with E-state index in [2.05, 4.69) is 10.3 Å². The second-order valence-corrected chi connectivity index (χ2v) is 7.18. The highest BCUT2D eigenvalue weighted by atomic mass is 35.5. The number of anilines is 1. The Kier molecular flexibility index (Phi) is 5.36. The number of hydrogen-bond acceptors (Lipinski definition) is 4. The van der Waals surface area contributed by atoms with Crippen LogP contribution in [0.3, 0.4) is 0 Å². The largest absolute Gasteiger partial charge is 0.342 e. The first-order chi connectivity index (χ1) is 11.5. The Bertz CT molecular complexity index is 607. The molecule has 6 nitrogen and oxygen atoms in total. The zero-order valence-corrected chi connectivity index (χ0v) is 14.3. The van der Waals surface area contributed by atoms with E-state index in [1.54, 1.807) is 12.1 Å². The van der Waals surface area contributed by atoms with E-state index in [9.17, 15) is 9.59 Å². The second kappa shape index (κ2) is 7.49. The minimum Gasteiger partial charge on any atom is -0.342 e. The number of piperidine rings is 1. The molecule has 0 aromatic carbocycles. The average molecular weight is 351 g/mol. The van der Waals surface area contributed by atoms with Crippen molar-refractivity contribution in [3.63, 3.8) is 0 Å². The molecule has 0 bridgehead atoms. The smallest absolute Gasteiger partial charge is 0.230 e. The molecule has 24 heavy (non-hydrogen) atoms. The third-order valence-electron chi connectivity index (χ3n) is 4.90. The van der Waals surface area contributed by atoms with Gasteiger partial charge in [0.05, 0.1) is 10.9 Å². The molecule has 3 atom stereocenters. The summed E-state index contributed by atoms with van der Waals surface area (Å²) in [4.78, 5) is 31.0. The summed E-state index contributed by atoms with van der Waals surface area (Å²) in [6.07, 6.45) is 5.67. The van der Waals surface area contributed by atoms with Gasteiger partial charge in [-0.05, 0) is 44.2 Å². The van der Waals surface area contributed by atoms with Crippen molar-refractivity contribution in [2.45, 2.75) is 38.1 Å². The first-order valence-electron chi connectivity index (χ1n) is 8.49. The topological polar surface area (TPSA) is 88.3 Å². The lowest BCUT2D eigenvalue weighted by molar-refractivity contribution is -0.138. The number of amides is 2. The van der Waals surface area contributed by atoms with Crippen LogP contribution < -0.4 is 11.1 Å². The van der Waals surface area contributed by atoms with Gasteiger partial charge < -0.3 is 16.0 Å². The molecule has 7 heteroatoms. The molecule has 1 aromatic rings. The molecule has 130 valence electrons. The Morgan fingerprint density at radius 3 is 2.75 bits per heavy atom. The Hall–Kier alpha value is -1.66. The monoisotopic (exact) mass is 350 g/mol. The van der Waals surface area contributed by atoms with Gasteiger partial charge in [-0.15, -0.1) is 0 Å². The fourth-order valence-electron chi connectivity index (χ4n) is 3.57. The highest BCUT2D eigenvalue weighted by Gasteiger charge is 2.34. The molecule has 1 aromatic heterocycles. The normalized spacial score (nSPS) is 27.1. The van der Waals surface area contributed by atoms with Crippen LogP contribution in [0.15, 0.2) is 18.3 Å². The van der Waals surface area contributed by atoms with E-state index in [4.69, 9.17) is 17.3 Å². The lowest BCUT2D eigenvalue weighted by Gasteiger charge is -2.33. The van der Waals surface area contributed by atoms with Gasteiger partial charge in [0.1, 0.15) is 5.82 Å². The van der Waals surface area contributed by atoms with Gasteiger partial charge in [0.25, 0.3) is 0 Å². The summed E-state index contributed by atoms with van der Waals surface area (Å²) < 4.78 is 0. The summed E-state index contributed by atoms with van der Waals surface area (Å²) >= 11 is 5.80. The van der Waals surface area contributed by atoms with Crippen molar-refractivity contribution in [1.82, 2.24) is 9.88 Å². The van der Waals surface area contributed by atoms with Crippen molar-refractivity contribution in [2.24, 2.45) is 17.6 Å². The number of hydrogen-bond donors (Lipinski definition) is 2. The summed E-state index contributed by atoms with van der Waals surface area (Å²) in [6, 6.07) is 3.50. The fraction of sp³-hybridized carbons (Fsp3) is 0.588. The van der Waals surface area contributed by atoms with Gasteiger partial charge >= 0.3 is 0 Å². The van der Waals surface area contributed by atoms with Crippen LogP contribution in [0.1, 0.15) is 32.1 Å². The fourth-order valence-corrected chi connectivity index (χ4v) is 3.68. The van der Waals surface area contributed by atoms with E-state index < -0.39 is 0 Å². The van der Waals surface area contributed by atoms with E-state index in [-0.39, 0.29) is 29.7 Å². The van der Waals surface area contributed by atoms with Gasteiger partial charge in [0, 0.05) is 31.2 Å². The number of carbonyl (C=O) groups is 2. The first-order valence-corrected chi connectivity index (χ1v) is 8.87. The van der Waals surface area contributed by atoms with Crippen LogP contribution in [0, 0.1) is 11.8 Å². The van der Waals surface area contributed by atoms with Crippen LogP contribution in [0.4, 0.5) is 5.82 Å². The zero-order valence-electron chi connectivity index (χ0n) is 13.6. The maximum absolute atomic E-state index is 12.6. The third-order valence-corrected chi connectivity index (χ3v) is 5.13. The standard InChI is InChI=1S/C17H23ClN4O2/c18-13-4-6-15(20-9-13)21-16(23)12-2-1-7-22(10-12)17(24)11-3-5-14(19)8-11/h4,6,9,11-12,14H,1-3,5,7-8,10,19H2,(H,20,21,23). The van der Waals surface area contributed by atoms with Gasteiger partial charge in [0.15, 0.2) is 0 Å². The van der Waals surface area contributed by atoms with Crippen molar-refractivity contribution in [2.75, 3.05) is 18.4 Å². The molecule has 2 fully saturated rings. The summed E-state index contributed by atoms with van der Waals surface area (Å²) in [5, 5.41) is 3.33. The number of halogens is 1. The van der Waals surface area contributed by atoms with E-state index in [0.29, 0.717) is 17.4 Å². The molecule has 3 N–H and O–H groups in total. The molecular weight excluding hydrogens is 328 g/mol. The summed E-state index contributed by atoms with van der Waals surface area (Å²) in [5.74, 6) is 0.375. The molecular formula is C17H23ClN4O2. The maximum atomic E-state index is 12.6. The van der Waals surface area contributed by atoms with E-state index in [0.717, 1.165) is 38.6 Å². The van der Waals surface area contributed by atoms with Gasteiger partial charge in [-0.1, -0.05) is 11.6 Å². The van der Waals surface area contributed by atoms with Crippen LogP contribution in [-0.4, -0.2) is 40.8 Å². The number of pyridine rings is 1. The molecule has 1 saturated carbocycles. The molecule has 2 heterocycles. The van der Waals surface area contributed by atoms with Crippen molar-refractivity contribution in [1.29, 1.82) is 0 Å². The first kappa shape index (κ1) is 17.2. The molecule has 2 amide bonds. The average Bonchev–Trinajstić information content (AvgIpc) is 3.03. The minimum atomic E-state index is -0.199. The number of nitrogens with zero attached hydrogens (tertiary/aromatic N) is 2. The van der Waals surface area contributed by atoms with Gasteiger partial charge in [-0.25, -0.2) is 4.98 Å². The highest BCUT2D eigenvalue weighted by Crippen LogP contribution is 2.28. The van der Waals surface area contributed by atoms with Crippen LogP contribution in [0.5, 0.6) is 0 Å². The van der Waals surface area contributed by atoms with Gasteiger partial charge in [-0.3, -0.25) is 9.59 Å². The molecule has 3 rings (SSSR count). The third kappa shape index (κ3) is 4.05. The Morgan fingerprint density at radius 2 is 2.08 bits per heavy atom. The molecule has 1 aliphatic carbocycles. The zero-order chi connectivity index (χ0) is 17.1. The number of nitrogens with one attached hydrogen (secondary N) is 1. The number of aromatic nitrogens is 1. The SMILES string of the molecule is NC1CCC(C(=O)N2CCCC(C(=O)Nc3ccc(Cl)cn3)C2)C1. The minimum absolute atomic E-state index is 0.0275. The van der Waals surface area contributed by atoms with Crippen LogP contribution in [0.25, 0.3) is 0 Å². The quantitative estimate of drug-likeness (QED) is 0.873. The van der Waals surface area contributed by atoms with Crippen molar-refractivity contribution < 1.29 is 9.59 Å². The van der Waals surface area contributed by atoms with Crippen LogP contribution >= 0.6 is 11.6 Å². The molecule has 1 aliphatic heterocycles. The maximum Gasteiger partial charge on any atom is 0.230 e. The Labute approximate surface area is 146 Å². The lowest BCUT2D eigenvalue weighted by atomic mass is 9.95. The van der Waals surface area contributed by atoms with E-state index >= 15 is 0 Å². The molecule has 0 radical (unpaired) electrons. The number of carbonyl (C=O) groups excluding carboxylic acids is 2. The lowest BCUT2D eigenvalue weighted by Crippen LogP contribution is -2.45. The van der Waals surface area contributed by atoms with Gasteiger partial charge in [0.2, 0.25) is 11.8 Å². The van der Waals surface area contributed by atoms with Crippen molar-refractivity contribution in [3.05, 3.63) is 23.4 Å². The second-order valence-electron chi connectivity index (χ2n) is 6.74. The summed E-state index contributed by atoms with van der Waals surface area (Å²) in [5.41, 5.74) is 5.91. The van der Waals surface area contributed by atoms with E-state index in [1.165, 1.54) is 6.20 Å². The summed E-state index contributed by atoms with van der Waals surface area (Å²) in [6.45, 7) is 1.21. The predicted octanol–water partition coefficient (Wildman–Crippen LogP) is 2.04. The van der Waals surface area contributed by atoms with E-state index in [1.807, 2.05) is 4.90 Å². The highest BCUT2D eigenvalue weighted by molar-refractivity contribution is 6.30. The number of nitrogens with two attached hydrogens (primary N) is 1. The number of likely N-dealkylation sites (tertiary alicyclic amines) is 1. The molecule has 0 spiro atoms. The van der Waals surface area contributed by atoms with Gasteiger partial charge in [-0.2, -0.15) is 0 Å². The summed E-state index contributed by atoms with van der Waals surface area (Å²) in [7, 11) is 0. The predicted molar refractivity (Wildman–Crippen MR) is 92.5 cm³/mol. The molecule has 2 aliphatic rings.